The van der Waals surface area contributed by atoms with Crippen LogP contribution in [0.5, 0.6) is 11.5 Å². The van der Waals surface area contributed by atoms with Gasteiger partial charge in [0.1, 0.15) is 11.5 Å². The number of benzene rings is 1. The monoisotopic (exact) mass is 277 g/mol. The highest BCUT2D eigenvalue weighted by molar-refractivity contribution is 5.41. The zero-order valence-electron chi connectivity index (χ0n) is 11.9. The van der Waals surface area contributed by atoms with E-state index in [9.17, 15) is 5.11 Å². The summed E-state index contributed by atoms with van der Waals surface area (Å²) in [6.45, 7) is 4.47. The average Bonchev–Trinajstić information content (AvgIpc) is 2.84. The van der Waals surface area contributed by atoms with E-state index in [0.717, 1.165) is 5.56 Å². The molecule has 20 heavy (non-hydrogen) atoms. The van der Waals surface area contributed by atoms with E-state index in [2.05, 4.69) is 15.5 Å². The third-order valence-electron chi connectivity index (χ3n) is 3.06. The number of hydrogen-bond donors (Lipinski definition) is 2. The Hall–Kier alpha value is -2.08. The molecule has 0 spiro atoms. The smallest absolute Gasteiger partial charge is 0.227 e. The van der Waals surface area contributed by atoms with Gasteiger partial charge in [0.15, 0.2) is 5.82 Å². The molecule has 1 atom stereocenters. The van der Waals surface area contributed by atoms with Crippen molar-refractivity contribution in [1.29, 1.82) is 0 Å². The van der Waals surface area contributed by atoms with Crippen LogP contribution in [0, 0.1) is 6.92 Å². The van der Waals surface area contributed by atoms with Crippen molar-refractivity contribution in [3.05, 3.63) is 35.5 Å². The summed E-state index contributed by atoms with van der Waals surface area (Å²) >= 11 is 0. The molecule has 0 saturated heterocycles. The highest BCUT2D eigenvalue weighted by Crippen LogP contribution is 2.28. The van der Waals surface area contributed by atoms with Crippen molar-refractivity contribution >= 4 is 0 Å². The van der Waals surface area contributed by atoms with Gasteiger partial charge in [-0.2, -0.15) is 4.98 Å². The van der Waals surface area contributed by atoms with Crippen LogP contribution < -0.4 is 10.1 Å². The lowest BCUT2D eigenvalue weighted by atomic mass is 10.1. The number of aromatic hydroxyl groups is 1. The standard InChI is InChI=1S/C14H19N3O3/c1-9(12-5-4-11(19-3)8-13(12)18)15-7-6-14-16-10(2)17-20-14/h4-5,8-9,15,18H,6-7H2,1-3H3. The molecule has 1 heterocycles. The number of hydrogen-bond acceptors (Lipinski definition) is 6. The largest absolute Gasteiger partial charge is 0.507 e. The minimum absolute atomic E-state index is 0.0184. The molecule has 0 radical (unpaired) electrons. The molecule has 0 amide bonds. The van der Waals surface area contributed by atoms with Crippen LogP contribution in [0.15, 0.2) is 22.7 Å². The van der Waals surface area contributed by atoms with Crippen molar-refractivity contribution < 1.29 is 14.4 Å². The first-order valence-corrected chi connectivity index (χ1v) is 6.49. The molecule has 0 saturated carbocycles. The maximum absolute atomic E-state index is 9.95. The maximum atomic E-state index is 9.95. The Morgan fingerprint density at radius 1 is 1.45 bits per heavy atom. The van der Waals surface area contributed by atoms with E-state index >= 15 is 0 Å². The fraction of sp³-hybridized carbons (Fsp3) is 0.429. The van der Waals surface area contributed by atoms with Gasteiger partial charge in [0.25, 0.3) is 0 Å². The van der Waals surface area contributed by atoms with Crippen molar-refractivity contribution in [3.8, 4) is 11.5 Å². The summed E-state index contributed by atoms with van der Waals surface area (Å²) < 4.78 is 10.1. The van der Waals surface area contributed by atoms with Crippen LogP contribution in [0.2, 0.25) is 0 Å². The highest BCUT2D eigenvalue weighted by Gasteiger charge is 2.11. The molecule has 0 aliphatic rings. The third kappa shape index (κ3) is 3.48. The summed E-state index contributed by atoms with van der Waals surface area (Å²) in [6.07, 6.45) is 0.655. The van der Waals surface area contributed by atoms with Gasteiger partial charge in [0, 0.05) is 30.6 Å². The Kier molecular flexibility index (Phi) is 4.57. The van der Waals surface area contributed by atoms with Gasteiger partial charge < -0.3 is 19.7 Å². The van der Waals surface area contributed by atoms with E-state index in [0.29, 0.717) is 30.4 Å². The highest BCUT2D eigenvalue weighted by atomic mass is 16.5. The molecule has 1 unspecified atom stereocenters. The molecule has 1 aromatic heterocycles. The number of rotatable bonds is 6. The maximum Gasteiger partial charge on any atom is 0.227 e. The second-order valence-corrected chi connectivity index (χ2v) is 4.59. The quantitative estimate of drug-likeness (QED) is 0.840. The number of phenolic OH excluding ortho intramolecular Hbond substituents is 1. The van der Waals surface area contributed by atoms with Gasteiger partial charge in [0.05, 0.1) is 7.11 Å². The van der Waals surface area contributed by atoms with Gasteiger partial charge in [-0.25, -0.2) is 0 Å². The van der Waals surface area contributed by atoms with Gasteiger partial charge in [-0.1, -0.05) is 11.2 Å². The van der Waals surface area contributed by atoms with Crippen LogP contribution in [0.25, 0.3) is 0 Å². The first-order valence-electron chi connectivity index (χ1n) is 6.49. The Morgan fingerprint density at radius 2 is 2.25 bits per heavy atom. The first-order chi connectivity index (χ1) is 9.60. The normalized spacial score (nSPS) is 12.3. The first kappa shape index (κ1) is 14.3. The lowest BCUT2D eigenvalue weighted by Crippen LogP contribution is -2.21. The lowest BCUT2D eigenvalue weighted by Gasteiger charge is -2.15. The van der Waals surface area contributed by atoms with E-state index in [-0.39, 0.29) is 11.8 Å². The van der Waals surface area contributed by atoms with Crippen molar-refractivity contribution in [3.63, 3.8) is 0 Å². The fourth-order valence-electron chi connectivity index (χ4n) is 1.96. The SMILES string of the molecule is COc1ccc(C(C)NCCc2nc(C)no2)c(O)c1. The summed E-state index contributed by atoms with van der Waals surface area (Å²) in [6, 6.07) is 5.30. The molecule has 0 aliphatic carbocycles. The number of nitrogens with one attached hydrogen (secondary N) is 1. The van der Waals surface area contributed by atoms with Gasteiger partial charge in [0.2, 0.25) is 5.89 Å². The minimum Gasteiger partial charge on any atom is -0.507 e. The molecule has 6 nitrogen and oxygen atoms in total. The fourth-order valence-corrected chi connectivity index (χ4v) is 1.96. The predicted octanol–water partition coefficient (Wildman–Crippen LogP) is 1.99. The average molecular weight is 277 g/mol. The Morgan fingerprint density at radius 3 is 2.85 bits per heavy atom. The molecule has 2 aromatic rings. The van der Waals surface area contributed by atoms with Crippen LogP contribution in [-0.4, -0.2) is 28.9 Å². The van der Waals surface area contributed by atoms with Crippen LogP contribution >= 0.6 is 0 Å². The minimum atomic E-state index is 0.0184. The molecule has 2 N–H and O–H groups in total. The zero-order valence-corrected chi connectivity index (χ0v) is 11.9. The van der Waals surface area contributed by atoms with Crippen molar-refractivity contribution in [2.75, 3.05) is 13.7 Å². The number of nitrogens with zero attached hydrogens (tertiary/aromatic N) is 2. The topological polar surface area (TPSA) is 80.4 Å². The Bertz CT molecular complexity index is 569. The summed E-state index contributed by atoms with van der Waals surface area (Å²) in [5, 5.41) is 17.0. The van der Waals surface area contributed by atoms with E-state index in [4.69, 9.17) is 9.26 Å². The Balaban J connectivity index is 1.89. The molecule has 2 rings (SSSR count). The van der Waals surface area contributed by atoms with Crippen molar-refractivity contribution in [1.82, 2.24) is 15.5 Å². The summed E-state index contributed by atoms with van der Waals surface area (Å²) in [5.41, 5.74) is 0.826. The summed E-state index contributed by atoms with van der Waals surface area (Å²) in [5.74, 6) is 2.11. The van der Waals surface area contributed by atoms with Gasteiger partial charge in [-0.15, -0.1) is 0 Å². The van der Waals surface area contributed by atoms with E-state index < -0.39 is 0 Å². The predicted molar refractivity (Wildman–Crippen MR) is 73.8 cm³/mol. The number of aromatic nitrogens is 2. The summed E-state index contributed by atoms with van der Waals surface area (Å²) in [4.78, 5) is 4.14. The second kappa shape index (κ2) is 6.38. The van der Waals surface area contributed by atoms with Crippen molar-refractivity contribution in [2.24, 2.45) is 0 Å². The number of phenols is 1. The molecule has 6 heteroatoms. The molecule has 0 aliphatic heterocycles. The van der Waals surface area contributed by atoms with Gasteiger partial charge >= 0.3 is 0 Å². The molecular weight excluding hydrogens is 258 g/mol. The number of methoxy groups -OCH3 is 1. The van der Waals surface area contributed by atoms with E-state index in [1.807, 2.05) is 19.1 Å². The molecule has 0 bridgehead atoms. The lowest BCUT2D eigenvalue weighted by molar-refractivity contribution is 0.369. The number of aryl methyl sites for hydroxylation is 1. The summed E-state index contributed by atoms with van der Waals surface area (Å²) in [7, 11) is 1.57. The zero-order chi connectivity index (χ0) is 14.5. The van der Waals surface area contributed by atoms with Crippen LogP contribution in [0.3, 0.4) is 0 Å². The van der Waals surface area contributed by atoms with Crippen LogP contribution in [0.4, 0.5) is 0 Å². The van der Waals surface area contributed by atoms with Gasteiger partial charge in [-0.3, -0.25) is 0 Å². The number of ether oxygens (including phenoxy) is 1. The second-order valence-electron chi connectivity index (χ2n) is 4.59. The van der Waals surface area contributed by atoms with Gasteiger partial charge in [-0.05, 0) is 19.9 Å². The molecule has 1 aromatic carbocycles. The Labute approximate surface area is 117 Å². The third-order valence-corrected chi connectivity index (χ3v) is 3.06. The van der Waals surface area contributed by atoms with Crippen molar-refractivity contribution in [2.45, 2.75) is 26.3 Å². The van der Waals surface area contributed by atoms with Crippen LogP contribution in [-0.2, 0) is 6.42 Å². The van der Waals surface area contributed by atoms with Crippen LogP contribution in [0.1, 0.15) is 30.2 Å². The molecule has 0 fully saturated rings. The molecule has 108 valence electrons. The van der Waals surface area contributed by atoms with E-state index in [1.54, 1.807) is 20.1 Å². The molecular formula is C14H19N3O3. The van der Waals surface area contributed by atoms with E-state index in [1.165, 1.54) is 0 Å².